The van der Waals surface area contributed by atoms with Crippen molar-refractivity contribution in [2.75, 3.05) is 43.4 Å². The molecule has 0 radical (unpaired) electrons. The summed E-state index contributed by atoms with van der Waals surface area (Å²) in [6.07, 6.45) is 6.36. The molecule has 3 rings (SSSR count). The lowest BCUT2D eigenvalue weighted by atomic mass is 10.3. The number of amides is 1. The number of anilines is 1. The molecule has 0 bridgehead atoms. The maximum Gasteiger partial charge on any atom is 0.271 e. The van der Waals surface area contributed by atoms with E-state index >= 15 is 0 Å². The van der Waals surface area contributed by atoms with Crippen LogP contribution in [0.3, 0.4) is 0 Å². The number of nitrogens with zero attached hydrogens (tertiary/aromatic N) is 5. The first kappa shape index (κ1) is 19.2. The van der Waals surface area contributed by atoms with Crippen molar-refractivity contribution >= 4 is 21.7 Å². The van der Waals surface area contributed by atoms with E-state index in [2.05, 4.69) is 25.2 Å². The van der Waals surface area contributed by atoms with E-state index in [1.165, 1.54) is 22.9 Å². The standard InChI is InChI=1S/C17H22N6O3S/c24-17(15-14-18-7-8-19-15)21-6-3-13-27(25,26)23-11-9-22(10-12-23)16-4-1-2-5-20-16/h1-2,4-5,7-8,14H,3,6,9-13H2,(H,21,24). The Balaban J connectivity index is 1.42. The third-order valence-electron chi connectivity index (χ3n) is 4.27. The highest BCUT2D eigenvalue weighted by Crippen LogP contribution is 2.15. The molecular formula is C17H22N6O3S. The highest BCUT2D eigenvalue weighted by atomic mass is 32.2. The fraction of sp³-hybridized carbons (Fsp3) is 0.412. The molecular weight excluding hydrogens is 368 g/mol. The first-order chi connectivity index (χ1) is 13.1. The molecule has 2 aromatic heterocycles. The van der Waals surface area contributed by atoms with Gasteiger partial charge in [-0.25, -0.2) is 18.4 Å². The van der Waals surface area contributed by atoms with Crippen molar-refractivity contribution in [2.45, 2.75) is 6.42 Å². The summed E-state index contributed by atoms with van der Waals surface area (Å²) in [5.74, 6) is 0.503. The lowest BCUT2D eigenvalue weighted by Crippen LogP contribution is -2.49. The number of carbonyl (C=O) groups is 1. The van der Waals surface area contributed by atoms with Gasteiger partial charge in [-0.05, 0) is 18.6 Å². The highest BCUT2D eigenvalue weighted by molar-refractivity contribution is 7.89. The Bertz CT molecular complexity index is 839. The summed E-state index contributed by atoms with van der Waals surface area (Å²) in [7, 11) is -3.34. The number of sulfonamides is 1. The molecule has 10 heteroatoms. The van der Waals surface area contributed by atoms with Crippen molar-refractivity contribution in [2.24, 2.45) is 0 Å². The van der Waals surface area contributed by atoms with Gasteiger partial charge in [-0.1, -0.05) is 6.07 Å². The van der Waals surface area contributed by atoms with Crippen LogP contribution in [0.15, 0.2) is 43.0 Å². The first-order valence-electron chi connectivity index (χ1n) is 8.74. The summed E-state index contributed by atoms with van der Waals surface area (Å²) in [5, 5.41) is 2.66. The molecule has 0 aliphatic carbocycles. The minimum Gasteiger partial charge on any atom is -0.354 e. The summed E-state index contributed by atoms with van der Waals surface area (Å²) in [6, 6.07) is 5.69. The molecule has 0 unspecified atom stereocenters. The van der Waals surface area contributed by atoms with E-state index in [1.807, 2.05) is 18.2 Å². The van der Waals surface area contributed by atoms with Crippen LogP contribution in [0, 0.1) is 0 Å². The lowest BCUT2D eigenvalue weighted by Gasteiger charge is -2.34. The second-order valence-corrected chi connectivity index (χ2v) is 8.18. The van der Waals surface area contributed by atoms with Gasteiger partial charge in [-0.2, -0.15) is 4.31 Å². The molecule has 1 saturated heterocycles. The monoisotopic (exact) mass is 390 g/mol. The third kappa shape index (κ3) is 5.20. The maximum absolute atomic E-state index is 12.5. The van der Waals surface area contributed by atoms with Crippen molar-refractivity contribution < 1.29 is 13.2 Å². The highest BCUT2D eigenvalue weighted by Gasteiger charge is 2.26. The van der Waals surface area contributed by atoms with Crippen molar-refractivity contribution in [3.63, 3.8) is 0 Å². The average Bonchev–Trinajstić information content (AvgIpc) is 2.72. The molecule has 27 heavy (non-hydrogen) atoms. The topological polar surface area (TPSA) is 108 Å². The lowest BCUT2D eigenvalue weighted by molar-refractivity contribution is 0.0948. The molecule has 9 nitrogen and oxygen atoms in total. The third-order valence-corrected chi connectivity index (χ3v) is 6.22. The Morgan fingerprint density at radius 2 is 1.89 bits per heavy atom. The summed E-state index contributed by atoms with van der Waals surface area (Å²) in [4.78, 5) is 26.0. The van der Waals surface area contributed by atoms with Gasteiger partial charge in [-0.15, -0.1) is 0 Å². The second kappa shape index (κ2) is 8.87. The molecule has 1 fully saturated rings. The molecule has 1 aliphatic heterocycles. The Morgan fingerprint density at radius 3 is 2.56 bits per heavy atom. The van der Waals surface area contributed by atoms with Crippen LogP contribution in [0.2, 0.25) is 0 Å². The van der Waals surface area contributed by atoms with Crippen molar-refractivity contribution in [1.82, 2.24) is 24.6 Å². The van der Waals surface area contributed by atoms with E-state index in [-0.39, 0.29) is 23.9 Å². The zero-order valence-corrected chi connectivity index (χ0v) is 15.7. The normalized spacial score (nSPS) is 15.5. The van der Waals surface area contributed by atoms with Crippen LogP contribution in [0.1, 0.15) is 16.9 Å². The Hall–Kier alpha value is -2.59. The van der Waals surface area contributed by atoms with Crippen LogP contribution in [0.4, 0.5) is 5.82 Å². The van der Waals surface area contributed by atoms with Gasteiger partial charge >= 0.3 is 0 Å². The van der Waals surface area contributed by atoms with Gasteiger partial charge in [0.15, 0.2) is 0 Å². The number of hydrogen-bond acceptors (Lipinski definition) is 7. The van der Waals surface area contributed by atoms with Gasteiger partial charge in [-0.3, -0.25) is 9.78 Å². The Kier molecular flexibility index (Phi) is 6.30. The molecule has 3 heterocycles. The van der Waals surface area contributed by atoms with E-state index < -0.39 is 10.0 Å². The summed E-state index contributed by atoms with van der Waals surface area (Å²) < 4.78 is 26.5. The number of piperazine rings is 1. The molecule has 1 aliphatic rings. The number of rotatable bonds is 7. The Morgan fingerprint density at radius 1 is 1.07 bits per heavy atom. The van der Waals surface area contributed by atoms with E-state index in [9.17, 15) is 13.2 Å². The second-order valence-electron chi connectivity index (χ2n) is 6.09. The smallest absolute Gasteiger partial charge is 0.271 e. The van der Waals surface area contributed by atoms with Gasteiger partial charge in [0.2, 0.25) is 10.0 Å². The minimum absolute atomic E-state index is 0.00264. The number of hydrogen-bond donors (Lipinski definition) is 1. The molecule has 0 aromatic carbocycles. The number of pyridine rings is 1. The van der Waals surface area contributed by atoms with E-state index in [0.717, 1.165) is 5.82 Å². The number of carbonyl (C=O) groups excluding carboxylic acids is 1. The molecule has 0 spiro atoms. The fourth-order valence-electron chi connectivity index (χ4n) is 2.83. The van der Waals surface area contributed by atoms with Crippen LogP contribution in [0.25, 0.3) is 0 Å². The van der Waals surface area contributed by atoms with Crippen LogP contribution in [-0.2, 0) is 10.0 Å². The molecule has 144 valence electrons. The average molecular weight is 390 g/mol. The minimum atomic E-state index is -3.34. The number of aromatic nitrogens is 3. The van der Waals surface area contributed by atoms with Gasteiger partial charge in [0, 0.05) is 51.3 Å². The van der Waals surface area contributed by atoms with Gasteiger partial charge in [0.1, 0.15) is 11.5 Å². The van der Waals surface area contributed by atoms with Gasteiger partial charge < -0.3 is 10.2 Å². The van der Waals surface area contributed by atoms with Gasteiger partial charge in [0.05, 0.1) is 11.9 Å². The van der Waals surface area contributed by atoms with Crippen LogP contribution < -0.4 is 10.2 Å². The van der Waals surface area contributed by atoms with Gasteiger partial charge in [0.25, 0.3) is 5.91 Å². The van der Waals surface area contributed by atoms with E-state index in [4.69, 9.17) is 0 Å². The largest absolute Gasteiger partial charge is 0.354 e. The van der Waals surface area contributed by atoms with Crippen LogP contribution >= 0.6 is 0 Å². The molecule has 0 atom stereocenters. The van der Waals surface area contributed by atoms with Crippen LogP contribution in [-0.4, -0.2) is 72.1 Å². The SMILES string of the molecule is O=C(NCCCS(=O)(=O)N1CCN(c2ccccn2)CC1)c1cnccn1. The molecule has 1 amide bonds. The zero-order valence-electron chi connectivity index (χ0n) is 14.9. The van der Waals surface area contributed by atoms with Crippen molar-refractivity contribution in [3.05, 3.63) is 48.7 Å². The summed E-state index contributed by atoms with van der Waals surface area (Å²) in [5.41, 5.74) is 0.214. The number of nitrogens with one attached hydrogen (secondary N) is 1. The fourth-order valence-corrected chi connectivity index (χ4v) is 4.32. The van der Waals surface area contributed by atoms with Crippen molar-refractivity contribution in [3.8, 4) is 0 Å². The zero-order chi connectivity index (χ0) is 19.1. The van der Waals surface area contributed by atoms with E-state index in [1.54, 1.807) is 6.20 Å². The van der Waals surface area contributed by atoms with Crippen molar-refractivity contribution in [1.29, 1.82) is 0 Å². The molecule has 0 saturated carbocycles. The molecule has 1 N–H and O–H groups in total. The first-order valence-corrected chi connectivity index (χ1v) is 10.4. The quantitative estimate of drug-likeness (QED) is 0.670. The predicted molar refractivity (Wildman–Crippen MR) is 101 cm³/mol. The van der Waals surface area contributed by atoms with Crippen LogP contribution in [0.5, 0.6) is 0 Å². The summed E-state index contributed by atoms with van der Waals surface area (Å²) in [6.45, 7) is 2.36. The van der Waals surface area contributed by atoms with E-state index in [0.29, 0.717) is 32.6 Å². The Labute approximate surface area is 158 Å². The maximum atomic E-state index is 12.5. The molecule has 2 aromatic rings. The summed E-state index contributed by atoms with van der Waals surface area (Å²) >= 11 is 0. The predicted octanol–water partition coefficient (Wildman–Crippen LogP) is 0.144.